The molecule has 0 aliphatic heterocycles. The van der Waals surface area contributed by atoms with Crippen LogP contribution in [-0.4, -0.2) is 14.7 Å². The first-order valence-electron chi connectivity index (χ1n) is 5.66. The Hall–Kier alpha value is -1.82. The van der Waals surface area contributed by atoms with Crippen LogP contribution in [0.25, 0.3) is 11.1 Å². The fourth-order valence-electron chi connectivity index (χ4n) is 1.77. The van der Waals surface area contributed by atoms with E-state index >= 15 is 0 Å². The van der Waals surface area contributed by atoms with Crippen LogP contribution in [-0.2, 0) is 16.0 Å². The van der Waals surface area contributed by atoms with Gasteiger partial charge in [0.15, 0.2) is 9.84 Å². The molecule has 0 amide bonds. The lowest BCUT2D eigenvalue weighted by atomic mass is 10.0. The van der Waals surface area contributed by atoms with E-state index in [-0.39, 0.29) is 10.5 Å². The van der Waals surface area contributed by atoms with Crippen LogP contribution in [0.15, 0.2) is 53.4 Å². The molecule has 6 heteroatoms. The van der Waals surface area contributed by atoms with E-state index in [1.165, 1.54) is 6.07 Å². The second-order valence-corrected chi connectivity index (χ2v) is 6.40. The van der Waals surface area contributed by atoms with Gasteiger partial charge < -0.3 is 0 Å². The van der Waals surface area contributed by atoms with Gasteiger partial charge in [0.2, 0.25) is 0 Å². The van der Waals surface area contributed by atoms with Crippen molar-refractivity contribution in [3.8, 4) is 11.1 Å². The Morgan fingerprint density at radius 3 is 2.00 bits per heavy atom. The van der Waals surface area contributed by atoms with Gasteiger partial charge in [-0.3, -0.25) is 0 Å². The largest absolute Gasteiger partial charge is 0.416 e. The third kappa shape index (κ3) is 3.19. The maximum atomic E-state index is 12.9. The molecular weight excluding hydrogens is 289 g/mol. The highest BCUT2D eigenvalue weighted by Gasteiger charge is 2.32. The average Bonchev–Trinajstić information content (AvgIpc) is 2.37. The summed E-state index contributed by atoms with van der Waals surface area (Å²) in [6, 6.07) is 11.2. The zero-order chi connectivity index (χ0) is 15.0. The van der Waals surface area contributed by atoms with Crippen LogP contribution >= 0.6 is 0 Å². The van der Waals surface area contributed by atoms with Crippen molar-refractivity contribution in [1.29, 1.82) is 0 Å². The smallest absolute Gasteiger partial charge is 0.224 e. The standard InChI is InChI=1S/C14H11F3O2S/c1-20(18,19)13-8-11(10-5-3-2-4-6-10)7-12(9-13)14(15,16)17/h2-9H,1H3. The molecule has 0 fully saturated rings. The Bertz CT molecular complexity index is 720. The Morgan fingerprint density at radius 1 is 0.900 bits per heavy atom. The average molecular weight is 300 g/mol. The van der Waals surface area contributed by atoms with E-state index in [2.05, 4.69) is 0 Å². The van der Waals surface area contributed by atoms with Gasteiger partial charge in [-0.05, 0) is 29.3 Å². The molecule has 0 N–H and O–H groups in total. The molecule has 0 aliphatic carbocycles. The Balaban J connectivity index is 2.70. The normalized spacial score (nSPS) is 12.4. The van der Waals surface area contributed by atoms with Crippen molar-refractivity contribution >= 4 is 9.84 Å². The van der Waals surface area contributed by atoms with Gasteiger partial charge in [-0.25, -0.2) is 8.42 Å². The van der Waals surface area contributed by atoms with Crippen molar-refractivity contribution in [2.75, 3.05) is 6.26 Å². The minimum Gasteiger partial charge on any atom is -0.224 e. The monoisotopic (exact) mass is 300 g/mol. The predicted molar refractivity (Wildman–Crippen MR) is 70.0 cm³/mol. The molecule has 2 aromatic rings. The van der Waals surface area contributed by atoms with Gasteiger partial charge in [0.05, 0.1) is 10.5 Å². The zero-order valence-electron chi connectivity index (χ0n) is 10.5. The minimum absolute atomic E-state index is 0.223. The summed E-state index contributed by atoms with van der Waals surface area (Å²) in [5.74, 6) is 0. The molecule has 0 heterocycles. The summed E-state index contributed by atoms with van der Waals surface area (Å²) in [7, 11) is -3.72. The number of rotatable bonds is 2. The Morgan fingerprint density at radius 2 is 1.50 bits per heavy atom. The summed E-state index contributed by atoms with van der Waals surface area (Å²) >= 11 is 0. The zero-order valence-corrected chi connectivity index (χ0v) is 11.3. The van der Waals surface area contributed by atoms with Crippen LogP contribution < -0.4 is 0 Å². The first-order chi connectivity index (χ1) is 9.18. The van der Waals surface area contributed by atoms with E-state index in [1.54, 1.807) is 30.3 Å². The summed E-state index contributed by atoms with van der Waals surface area (Å²) in [4.78, 5) is -0.342. The topological polar surface area (TPSA) is 34.1 Å². The van der Waals surface area contributed by atoms with E-state index in [4.69, 9.17) is 0 Å². The van der Waals surface area contributed by atoms with Crippen molar-refractivity contribution in [2.24, 2.45) is 0 Å². The van der Waals surface area contributed by atoms with Crippen molar-refractivity contribution in [3.05, 3.63) is 54.1 Å². The van der Waals surface area contributed by atoms with Crippen LogP contribution in [0, 0.1) is 0 Å². The highest BCUT2D eigenvalue weighted by Crippen LogP contribution is 2.34. The number of hydrogen-bond acceptors (Lipinski definition) is 2. The Kier molecular flexibility index (Phi) is 3.60. The molecule has 0 saturated carbocycles. The van der Waals surface area contributed by atoms with Gasteiger partial charge in [-0.1, -0.05) is 30.3 Å². The number of alkyl halides is 3. The maximum Gasteiger partial charge on any atom is 0.416 e. The molecule has 2 rings (SSSR count). The molecule has 0 radical (unpaired) electrons. The van der Waals surface area contributed by atoms with Crippen molar-refractivity contribution < 1.29 is 21.6 Å². The van der Waals surface area contributed by atoms with Crippen LogP contribution in [0.2, 0.25) is 0 Å². The van der Waals surface area contributed by atoms with E-state index in [1.807, 2.05) is 0 Å². The van der Waals surface area contributed by atoms with Gasteiger partial charge in [0.25, 0.3) is 0 Å². The van der Waals surface area contributed by atoms with Gasteiger partial charge in [-0.2, -0.15) is 13.2 Å². The summed E-state index contributed by atoms with van der Waals surface area (Å²) in [5.41, 5.74) is -0.219. The molecule has 0 saturated heterocycles. The number of benzene rings is 2. The van der Waals surface area contributed by atoms with E-state index in [0.29, 0.717) is 11.6 Å². The molecular formula is C14H11F3O2S. The molecule has 2 nitrogen and oxygen atoms in total. The van der Waals surface area contributed by atoms with Crippen molar-refractivity contribution in [3.63, 3.8) is 0 Å². The molecule has 0 spiro atoms. The first kappa shape index (κ1) is 14.6. The highest BCUT2D eigenvalue weighted by atomic mass is 32.2. The fraction of sp³-hybridized carbons (Fsp3) is 0.143. The fourth-order valence-corrected chi connectivity index (χ4v) is 2.46. The first-order valence-corrected chi connectivity index (χ1v) is 7.55. The molecule has 0 atom stereocenters. The van der Waals surface area contributed by atoms with Crippen molar-refractivity contribution in [1.82, 2.24) is 0 Å². The van der Waals surface area contributed by atoms with Crippen LogP contribution in [0.5, 0.6) is 0 Å². The second kappa shape index (κ2) is 4.94. The third-order valence-corrected chi connectivity index (χ3v) is 3.86. The van der Waals surface area contributed by atoms with Gasteiger partial charge in [0.1, 0.15) is 0 Å². The predicted octanol–water partition coefficient (Wildman–Crippen LogP) is 3.78. The van der Waals surface area contributed by atoms with Crippen molar-refractivity contribution in [2.45, 2.75) is 11.1 Å². The summed E-state index contributed by atoms with van der Waals surface area (Å²) in [6.07, 6.45) is -3.71. The third-order valence-electron chi connectivity index (χ3n) is 2.77. The molecule has 0 bridgehead atoms. The molecule has 0 aliphatic rings. The lowest BCUT2D eigenvalue weighted by Gasteiger charge is -2.11. The van der Waals surface area contributed by atoms with Gasteiger partial charge in [-0.15, -0.1) is 0 Å². The molecule has 20 heavy (non-hydrogen) atoms. The molecule has 0 unspecified atom stereocenters. The van der Waals surface area contributed by atoms with Gasteiger partial charge >= 0.3 is 6.18 Å². The number of halogens is 3. The molecule has 106 valence electrons. The van der Waals surface area contributed by atoms with E-state index in [9.17, 15) is 21.6 Å². The van der Waals surface area contributed by atoms with Crippen LogP contribution in [0.1, 0.15) is 5.56 Å². The highest BCUT2D eigenvalue weighted by molar-refractivity contribution is 7.90. The molecule has 0 aromatic heterocycles. The lowest BCUT2D eigenvalue weighted by molar-refractivity contribution is -0.137. The number of sulfone groups is 1. The maximum absolute atomic E-state index is 12.9. The molecule has 2 aromatic carbocycles. The SMILES string of the molecule is CS(=O)(=O)c1cc(-c2ccccc2)cc(C(F)(F)F)c1. The van der Waals surface area contributed by atoms with Crippen LogP contribution in [0.4, 0.5) is 13.2 Å². The lowest BCUT2D eigenvalue weighted by Crippen LogP contribution is -2.08. The summed E-state index contributed by atoms with van der Waals surface area (Å²) in [5, 5.41) is 0. The van der Waals surface area contributed by atoms with E-state index < -0.39 is 21.6 Å². The van der Waals surface area contributed by atoms with Crippen LogP contribution in [0.3, 0.4) is 0 Å². The quantitative estimate of drug-likeness (QED) is 0.846. The second-order valence-electron chi connectivity index (χ2n) is 4.38. The van der Waals surface area contributed by atoms with Gasteiger partial charge in [0, 0.05) is 6.26 Å². The number of hydrogen-bond donors (Lipinski definition) is 0. The summed E-state index contributed by atoms with van der Waals surface area (Å²) < 4.78 is 61.6. The summed E-state index contributed by atoms with van der Waals surface area (Å²) in [6.45, 7) is 0. The minimum atomic E-state index is -4.59. The Labute approximate surface area is 114 Å². The van der Waals surface area contributed by atoms with E-state index in [0.717, 1.165) is 12.3 Å².